The van der Waals surface area contributed by atoms with E-state index in [1.165, 1.54) is 0 Å². The quantitative estimate of drug-likeness (QED) is 0.118. The zero-order chi connectivity index (χ0) is 47.9. The van der Waals surface area contributed by atoms with Crippen LogP contribution in [0.25, 0.3) is 0 Å². The highest BCUT2D eigenvalue weighted by Crippen LogP contribution is 2.56. The first-order valence-electron chi connectivity index (χ1n) is 17.5. The van der Waals surface area contributed by atoms with E-state index in [9.17, 15) is 79.0 Å². The minimum absolute atomic E-state index is 0.146. The van der Waals surface area contributed by atoms with Crippen molar-refractivity contribution in [1.29, 1.82) is 0 Å². The lowest BCUT2D eigenvalue weighted by Crippen LogP contribution is -2.38. The third kappa shape index (κ3) is 12.8. The van der Waals surface area contributed by atoms with Crippen LogP contribution in [0.1, 0.15) is 88.8 Å². The topological polar surface area (TPSA) is 64.6 Å². The van der Waals surface area contributed by atoms with Gasteiger partial charge in [-0.05, 0) is 85.7 Å². The SMILES string of the molecule is CC(C)Oc1c(OB(Oc2cc(C(F)(F)F)ccc2C(F)(F)F)Oc2cc(C(F)(F)F)c(OC(C)C)c(C(F)(F)F)c2OC(C)C)cc(C(F)(F)F)c(OC(C)C)c1C(F)(F)F. The van der Waals surface area contributed by atoms with Crippen LogP contribution < -0.4 is 32.9 Å². The largest absolute Gasteiger partial charge is 0.864 e. The summed E-state index contributed by atoms with van der Waals surface area (Å²) in [6.45, 7) is 7.99. The maximum atomic E-state index is 14.8. The van der Waals surface area contributed by atoms with Crippen molar-refractivity contribution in [2.24, 2.45) is 0 Å². The van der Waals surface area contributed by atoms with E-state index in [-0.39, 0.29) is 24.3 Å². The molecule has 0 fully saturated rings. The lowest BCUT2D eigenvalue weighted by Gasteiger charge is -2.29. The van der Waals surface area contributed by atoms with Gasteiger partial charge in [0, 0.05) is 0 Å². The van der Waals surface area contributed by atoms with Crippen LogP contribution in [0.4, 0.5) is 79.0 Å². The third-order valence-corrected chi connectivity index (χ3v) is 7.27. The highest BCUT2D eigenvalue weighted by molar-refractivity contribution is 6.39. The molecular weight excluding hydrogens is 897 g/mol. The van der Waals surface area contributed by atoms with E-state index >= 15 is 0 Å². The zero-order valence-electron chi connectivity index (χ0n) is 32.9. The monoisotopic (exact) mass is 930 g/mol. The van der Waals surface area contributed by atoms with Gasteiger partial charge in [-0.3, -0.25) is 0 Å². The van der Waals surface area contributed by atoms with E-state index in [0.717, 1.165) is 55.4 Å². The molecule has 0 aliphatic carbocycles. The minimum atomic E-state index is -5.93. The van der Waals surface area contributed by atoms with E-state index < -0.39 is 148 Å². The Hall–Kier alpha value is -4.94. The molecule has 0 saturated carbocycles. The van der Waals surface area contributed by atoms with E-state index in [1.807, 2.05) is 0 Å². The third-order valence-electron chi connectivity index (χ3n) is 7.27. The van der Waals surface area contributed by atoms with E-state index in [4.69, 9.17) is 32.9 Å². The van der Waals surface area contributed by atoms with Crippen molar-refractivity contribution in [3.63, 3.8) is 0 Å². The highest BCUT2D eigenvalue weighted by atomic mass is 19.4. The molecule has 0 unspecified atom stereocenters. The summed E-state index contributed by atoms with van der Waals surface area (Å²) in [5.74, 6) is -13.3. The second-order valence-corrected chi connectivity index (χ2v) is 13.9. The van der Waals surface area contributed by atoms with Gasteiger partial charge >= 0.3 is 44.4 Å². The average Bonchev–Trinajstić information content (AvgIpc) is 3.02. The Morgan fingerprint density at radius 1 is 0.355 bits per heavy atom. The van der Waals surface area contributed by atoms with Crippen LogP contribution in [0.2, 0.25) is 0 Å². The van der Waals surface area contributed by atoms with Gasteiger partial charge in [0.1, 0.15) is 51.0 Å². The molecule has 0 amide bonds. The van der Waals surface area contributed by atoms with E-state index in [2.05, 4.69) is 0 Å². The first-order chi connectivity index (χ1) is 27.8. The average molecular weight is 930 g/mol. The van der Waals surface area contributed by atoms with Gasteiger partial charge in [-0.25, -0.2) is 0 Å². The van der Waals surface area contributed by atoms with Crippen molar-refractivity contribution < 1.29 is 112 Å². The lowest BCUT2D eigenvalue weighted by molar-refractivity contribution is -0.149. The number of ether oxygens (including phenoxy) is 4. The van der Waals surface area contributed by atoms with Gasteiger partial charge in [0.15, 0.2) is 11.5 Å². The minimum Gasteiger partial charge on any atom is -0.490 e. The molecule has 0 radical (unpaired) electrons. The first kappa shape index (κ1) is 51.4. The highest BCUT2D eigenvalue weighted by Gasteiger charge is 2.51. The summed E-state index contributed by atoms with van der Waals surface area (Å²) in [5, 5.41) is 0. The van der Waals surface area contributed by atoms with Gasteiger partial charge in [0.25, 0.3) is 0 Å². The Balaban J connectivity index is 2.66. The molecule has 7 nitrogen and oxygen atoms in total. The summed E-state index contributed by atoms with van der Waals surface area (Å²) in [4.78, 5) is 0. The summed E-state index contributed by atoms with van der Waals surface area (Å²) in [7, 11) is -3.65. The fourth-order valence-corrected chi connectivity index (χ4v) is 5.19. The normalized spacial score (nSPS) is 13.3. The van der Waals surface area contributed by atoms with Crippen LogP contribution in [0.5, 0.6) is 40.2 Å². The molecule has 3 rings (SSSR count). The summed E-state index contributed by atoms with van der Waals surface area (Å²) in [5.41, 5.74) is -13.7. The molecule has 3 aromatic carbocycles. The smallest absolute Gasteiger partial charge is 0.490 e. The second-order valence-electron chi connectivity index (χ2n) is 13.9. The lowest BCUT2D eigenvalue weighted by atomic mass is 10.0. The maximum absolute atomic E-state index is 14.8. The van der Waals surface area contributed by atoms with Crippen LogP contribution in [-0.2, 0) is 37.1 Å². The Kier molecular flexibility index (Phi) is 15.0. The molecule has 0 aliphatic rings. The Morgan fingerprint density at radius 2 is 0.661 bits per heavy atom. The molecule has 62 heavy (non-hydrogen) atoms. The number of benzene rings is 3. The molecule has 3 aromatic rings. The Labute approximate surface area is 340 Å². The molecule has 0 aliphatic heterocycles. The number of rotatable bonds is 14. The van der Waals surface area contributed by atoms with Gasteiger partial charge in [-0.2, -0.15) is 79.0 Å². The molecule has 0 N–H and O–H groups in total. The van der Waals surface area contributed by atoms with Crippen molar-refractivity contribution in [3.8, 4) is 40.2 Å². The van der Waals surface area contributed by atoms with Crippen molar-refractivity contribution in [2.75, 3.05) is 0 Å². The predicted molar refractivity (Wildman–Crippen MR) is 180 cm³/mol. The van der Waals surface area contributed by atoms with Crippen molar-refractivity contribution in [2.45, 2.75) is 117 Å². The Morgan fingerprint density at radius 3 is 0.935 bits per heavy atom. The standard InChI is InChI=1S/C36H33BF18O7/c1-14(2)56-27-20(33(44,45)46)12-23(29(58-16(5)6)25(27)35(50,51)52)61-37(60-22-11-18(31(38,39)40)9-10-19(22)32(41,42)43)62-24-13-21(34(47,48)49)28(57-15(3)4)26(36(53,54)55)30(24)59-17(7)8/h9-17H,1-8H3. The van der Waals surface area contributed by atoms with Crippen LogP contribution in [0.3, 0.4) is 0 Å². The number of hydrogen-bond donors (Lipinski definition) is 0. The molecule has 0 spiro atoms. The molecular formula is C36H33BF18O7. The van der Waals surface area contributed by atoms with Crippen LogP contribution >= 0.6 is 0 Å². The van der Waals surface area contributed by atoms with Gasteiger partial charge in [-0.1, -0.05) is 0 Å². The first-order valence-corrected chi connectivity index (χ1v) is 17.5. The number of hydrogen-bond acceptors (Lipinski definition) is 7. The maximum Gasteiger partial charge on any atom is 0.864 e. The van der Waals surface area contributed by atoms with Crippen molar-refractivity contribution in [3.05, 3.63) is 63.7 Å². The summed E-state index contributed by atoms with van der Waals surface area (Å²) in [6, 6.07) is -1.49. The Bertz CT molecular complexity index is 1930. The zero-order valence-corrected chi connectivity index (χ0v) is 32.9. The molecule has 0 heterocycles. The predicted octanol–water partition coefficient (Wildman–Crippen LogP) is 13.5. The molecule has 0 aromatic heterocycles. The van der Waals surface area contributed by atoms with Crippen LogP contribution in [-0.4, -0.2) is 31.7 Å². The van der Waals surface area contributed by atoms with Gasteiger partial charge < -0.3 is 32.9 Å². The van der Waals surface area contributed by atoms with Gasteiger partial charge in [0.2, 0.25) is 0 Å². The molecule has 0 saturated heterocycles. The van der Waals surface area contributed by atoms with Crippen molar-refractivity contribution in [1.82, 2.24) is 0 Å². The summed E-state index contributed by atoms with van der Waals surface area (Å²) in [6.07, 6.45) is -40.7. The fraction of sp³-hybridized carbons (Fsp3) is 0.500. The fourth-order valence-electron chi connectivity index (χ4n) is 5.19. The number of halogens is 18. The molecule has 348 valence electrons. The summed E-state index contributed by atoms with van der Waals surface area (Å²) >= 11 is 0. The summed E-state index contributed by atoms with van der Waals surface area (Å²) < 4.78 is 295. The van der Waals surface area contributed by atoms with Crippen LogP contribution in [0, 0.1) is 0 Å². The second kappa shape index (κ2) is 18.0. The van der Waals surface area contributed by atoms with Crippen molar-refractivity contribution >= 4 is 7.32 Å². The van der Waals surface area contributed by atoms with E-state index in [1.54, 1.807) is 0 Å². The molecule has 0 bridgehead atoms. The van der Waals surface area contributed by atoms with Gasteiger partial charge in [-0.15, -0.1) is 0 Å². The van der Waals surface area contributed by atoms with Crippen LogP contribution in [0.15, 0.2) is 30.3 Å². The molecule has 0 atom stereocenters. The number of alkyl halides is 18. The van der Waals surface area contributed by atoms with Gasteiger partial charge in [0.05, 0.1) is 35.5 Å². The van der Waals surface area contributed by atoms with E-state index in [0.29, 0.717) is 0 Å². The molecule has 26 heteroatoms.